The number of halogens is 1. The number of esters is 1. The topological polar surface area (TPSA) is 90.7 Å². The van der Waals surface area contributed by atoms with Crippen molar-refractivity contribution in [2.45, 2.75) is 6.42 Å². The van der Waals surface area contributed by atoms with E-state index >= 15 is 0 Å². The molecule has 2 aromatic rings. The van der Waals surface area contributed by atoms with E-state index in [4.69, 9.17) is 15.2 Å². The molecule has 2 amide bonds. The van der Waals surface area contributed by atoms with Crippen molar-refractivity contribution in [2.75, 3.05) is 18.5 Å². The number of carbonyl (C=O) groups excluding carboxylic acids is 2. The molecule has 0 saturated heterocycles. The van der Waals surface area contributed by atoms with Crippen LogP contribution in [0, 0.1) is 5.82 Å². The Hall–Kier alpha value is -3.09. The van der Waals surface area contributed by atoms with Gasteiger partial charge in [-0.2, -0.15) is 0 Å². The summed E-state index contributed by atoms with van der Waals surface area (Å²) in [5, 5.41) is 2.38. The molecular weight excluding hydrogens is 315 g/mol. The predicted molar refractivity (Wildman–Crippen MR) is 86.4 cm³/mol. The Morgan fingerprint density at radius 2 is 1.83 bits per heavy atom. The maximum atomic E-state index is 12.7. The van der Waals surface area contributed by atoms with Gasteiger partial charge in [-0.1, -0.05) is 6.07 Å². The van der Waals surface area contributed by atoms with Crippen molar-refractivity contribution < 1.29 is 23.5 Å². The summed E-state index contributed by atoms with van der Waals surface area (Å²) < 4.78 is 23.2. The number of hydrogen-bond acceptors (Lipinski definition) is 4. The van der Waals surface area contributed by atoms with Crippen molar-refractivity contribution in [3.63, 3.8) is 0 Å². The Bertz CT molecular complexity index is 704. The normalized spacial score (nSPS) is 10.0. The highest BCUT2D eigenvalue weighted by atomic mass is 19.1. The molecular formula is C17H17FN2O4. The first-order valence-corrected chi connectivity index (χ1v) is 7.26. The molecule has 2 aromatic carbocycles. The lowest BCUT2D eigenvalue weighted by Gasteiger charge is -2.08. The zero-order chi connectivity index (χ0) is 17.4. The first-order chi connectivity index (χ1) is 11.5. The number of primary amides is 1. The van der Waals surface area contributed by atoms with Gasteiger partial charge in [-0.3, -0.25) is 0 Å². The fraction of sp³-hybridized carbons (Fsp3) is 0.176. The van der Waals surface area contributed by atoms with E-state index in [1.54, 1.807) is 18.2 Å². The van der Waals surface area contributed by atoms with Crippen LogP contribution in [-0.2, 0) is 4.74 Å². The third kappa shape index (κ3) is 5.60. The number of anilines is 1. The van der Waals surface area contributed by atoms with Gasteiger partial charge in [-0.25, -0.2) is 14.0 Å². The van der Waals surface area contributed by atoms with Crippen molar-refractivity contribution in [2.24, 2.45) is 5.73 Å². The third-order valence-electron chi connectivity index (χ3n) is 2.97. The molecule has 0 unspecified atom stereocenters. The molecule has 3 N–H and O–H groups in total. The van der Waals surface area contributed by atoms with E-state index < -0.39 is 12.0 Å². The Kier molecular flexibility index (Phi) is 6.13. The average molecular weight is 332 g/mol. The minimum atomic E-state index is -0.710. The molecule has 24 heavy (non-hydrogen) atoms. The number of nitrogens with two attached hydrogens (primary N) is 1. The summed E-state index contributed by atoms with van der Waals surface area (Å²) in [6.07, 6.45) is 0.488. The van der Waals surface area contributed by atoms with Crippen molar-refractivity contribution in [1.82, 2.24) is 0 Å². The largest absolute Gasteiger partial charge is 0.493 e. The van der Waals surface area contributed by atoms with Gasteiger partial charge >= 0.3 is 12.0 Å². The van der Waals surface area contributed by atoms with Gasteiger partial charge in [0.05, 0.1) is 18.8 Å². The van der Waals surface area contributed by atoms with Crippen LogP contribution in [-0.4, -0.2) is 25.2 Å². The summed E-state index contributed by atoms with van der Waals surface area (Å²) in [6, 6.07) is 11.2. The van der Waals surface area contributed by atoms with E-state index in [2.05, 4.69) is 5.32 Å². The van der Waals surface area contributed by atoms with Gasteiger partial charge in [0.15, 0.2) is 0 Å². The highest BCUT2D eigenvalue weighted by Crippen LogP contribution is 2.13. The Balaban J connectivity index is 1.73. The molecule has 0 spiro atoms. The molecule has 0 aliphatic carbocycles. The second kappa shape index (κ2) is 8.52. The van der Waals surface area contributed by atoms with Crippen LogP contribution < -0.4 is 15.8 Å². The minimum Gasteiger partial charge on any atom is -0.493 e. The molecule has 7 heteroatoms. The maximum absolute atomic E-state index is 12.7. The minimum absolute atomic E-state index is 0.174. The number of carbonyl (C=O) groups is 2. The molecule has 126 valence electrons. The van der Waals surface area contributed by atoms with Crippen molar-refractivity contribution >= 4 is 17.7 Å². The number of amides is 2. The Labute approximate surface area is 138 Å². The van der Waals surface area contributed by atoms with Gasteiger partial charge in [-0.15, -0.1) is 0 Å². The summed E-state index contributed by atoms with van der Waals surface area (Å²) in [7, 11) is 0. The summed E-state index contributed by atoms with van der Waals surface area (Å²) in [5.74, 6) is -0.290. The van der Waals surface area contributed by atoms with Crippen LogP contribution >= 0.6 is 0 Å². The number of rotatable bonds is 7. The summed E-state index contributed by atoms with van der Waals surface area (Å²) in [4.78, 5) is 22.7. The van der Waals surface area contributed by atoms with Crippen LogP contribution in [0.3, 0.4) is 0 Å². The van der Waals surface area contributed by atoms with Crippen LogP contribution in [0.5, 0.6) is 5.75 Å². The number of nitrogens with one attached hydrogen (secondary N) is 1. The monoisotopic (exact) mass is 332 g/mol. The van der Waals surface area contributed by atoms with Crippen LogP contribution in [0.1, 0.15) is 16.8 Å². The highest BCUT2D eigenvalue weighted by Gasteiger charge is 2.08. The van der Waals surface area contributed by atoms with E-state index in [1.807, 2.05) is 0 Å². The molecule has 0 aromatic heterocycles. The Morgan fingerprint density at radius 3 is 2.54 bits per heavy atom. The van der Waals surface area contributed by atoms with E-state index in [-0.39, 0.29) is 12.4 Å². The second-order valence-corrected chi connectivity index (χ2v) is 4.86. The number of ether oxygens (including phenoxy) is 2. The second-order valence-electron chi connectivity index (χ2n) is 4.86. The van der Waals surface area contributed by atoms with Crippen molar-refractivity contribution in [3.05, 3.63) is 59.9 Å². The predicted octanol–water partition coefficient (Wildman–Crippen LogP) is 2.94. The summed E-state index contributed by atoms with van der Waals surface area (Å²) in [5.41, 5.74) is 5.74. The van der Waals surface area contributed by atoms with Gasteiger partial charge in [0.25, 0.3) is 0 Å². The van der Waals surface area contributed by atoms with Gasteiger partial charge in [0.1, 0.15) is 11.6 Å². The molecule has 0 radical (unpaired) electrons. The summed E-state index contributed by atoms with van der Waals surface area (Å²) >= 11 is 0. The number of benzene rings is 2. The zero-order valence-electron chi connectivity index (χ0n) is 12.8. The average Bonchev–Trinajstić information content (AvgIpc) is 2.55. The Morgan fingerprint density at radius 1 is 1.08 bits per heavy atom. The molecule has 0 aliphatic rings. The molecule has 6 nitrogen and oxygen atoms in total. The molecule has 0 atom stereocenters. The molecule has 2 rings (SSSR count). The fourth-order valence-corrected chi connectivity index (χ4v) is 1.89. The third-order valence-corrected chi connectivity index (χ3v) is 2.97. The van der Waals surface area contributed by atoms with Crippen LogP contribution in [0.2, 0.25) is 0 Å². The zero-order valence-corrected chi connectivity index (χ0v) is 12.8. The highest BCUT2D eigenvalue weighted by molar-refractivity contribution is 5.93. The number of urea groups is 1. The number of hydrogen-bond donors (Lipinski definition) is 2. The smallest absolute Gasteiger partial charge is 0.338 e. The van der Waals surface area contributed by atoms with E-state index in [0.717, 1.165) is 0 Å². The summed E-state index contributed by atoms with van der Waals surface area (Å²) in [6.45, 7) is 0.510. The quantitative estimate of drug-likeness (QED) is 0.602. The molecule has 0 saturated carbocycles. The fourth-order valence-electron chi connectivity index (χ4n) is 1.89. The van der Waals surface area contributed by atoms with Crippen LogP contribution in [0.4, 0.5) is 14.9 Å². The lowest BCUT2D eigenvalue weighted by Crippen LogP contribution is -2.19. The van der Waals surface area contributed by atoms with Gasteiger partial charge in [0, 0.05) is 12.1 Å². The lowest BCUT2D eigenvalue weighted by atomic mass is 10.2. The standard InChI is InChI=1S/C17H17FN2O4/c18-13-5-7-15(8-6-13)23-9-2-10-24-16(21)12-3-1-4-14(11-12)20-17(19)22/h1,3-8,11H,2,9-10H2,(H3,19,20,22). The van der Waals surface area contributed by atoms with Crippen LogP contribution in [0.15, 0.2) is 48.5 Å². The van der Waals surface area contributed by atoms with E-state index in [9.17, 15) is 14.0 Å². The van der Waals surface area contributed by atoms with Gasteiger partial charge < -0.3 is 20.5 Å². The van der Waals surface area contributed by atoms with E-state index in [1.165, 1.54) is 30.3 Å². The SMILES string of the molecule is NC(=O)Nc1cccc(C(=O)OCCCOc2ccc(F)cc2)c1. The van der Waals surface area contributed by atoms with E-state index in [0.29, 0.717) is 30.0 Å². The van der Waals surface area contributed by atoms with Crippen molar-refractivity contribution in [3.8, 4) is 5.75 Å². The first kappa shape index (κ1) is 17.3. The molecule has 0 heterocycles. The van der Waals surface area contributed by atoms with Crippen LogP contribution in [0.25, 0.3) is 0 Å². The molecule has 0 bridgehead atoms. The first-order valence-electron chi connectivity index (χ1n) is 7.26. The molecule has 0 aliphatic heterocycles. The van der Waals surface area contributed by atoms with Gasteiger partial charge in [-0.05, 0) is 42.5 Å². The maximum Gasteiger partial charge on any atom is 0.338 e. The molecule has 0 fully saturated rings. The lowest BCUT2D eigenvalue weighted by molar-refractivity contribution is 0.0486. The van der Waals surface area contributed by atoms with Gasteiger partial charge in [0.2, 0.25) is 0 Å². The van der Waals surface area contributed by atoms with Crippen molar-refractivity contribution in [1.29, 1.82) is 0 Å².